The molecule has 4 aromatic carbocycles. The van der Waals surface area contributed by atoms with Gasteiger partial charge in [-0.3, -0.25) is 0 Å². The first kappa shape index (κ1) is 30.0. The summed E-state index contributed by atoms with van der Waals surface area (Å²) in [5.74, 6) is -0.397. The lowest BCUT2D eigenvalue weighted by molar-refractivity contribution is -0.136. The minimum Gasteiger partial charge on any atom is -0.493 e. The van der Waals surface area contributed by atoms with Crippen molar-refractivity contribution in [2.24, 2.45) is 0 Å². The van der Waals surface area contributed by atoms with Crippen LogP contribution in [0.15, 0.2) is 109 Å². The maximum absolute atomic E-state index is 14.9. The summed E-state index contributed by atoms with van der Waals surface area (Å²) in [5.41, 5.74) is -0.796. The van der Waals surface area contributed by atoms with Gasteiger partial charge >= 0.3 is 13.8 Å². The van der Waals surface area contributed by atoms with Crippen molar-refractivity contribution in [3.63, 3.8) is 0 Å². The summed E-state index contributed by atoms with van der Waals surface area (Å²) in [5, 5.41) is 5.29. The number of alkyl halides is 3. The fourth-order valence-corrected chi connectivity index (χ4v) is 6.12. The summed E-state index contributed by atoms with van der Waals surface area (Å²) < 4.78 is 73.9. The minimum absolute atomic E-state index is 0.231. The maximum atomic E-state index is 14.9. The summed E-state index contributed by atoms with van der Waals surface area (Å²) in [7, 11) is -4.30. The molecule has 4 aromatic rings. The predicted octanol–water partition coefficient (Wildman–Crippen LogP) is 8.83. The fraction of sp³-hybridized carbons (Fsp3) is 0.167. The first-order valence-electron chi connectivity index (χ1n) is 12.7. The van der Waals surface area contributed by atoms with Crippen LogP contribution >= 0.6 is 19.8 Å². The topological polar surface area (TPSA) is 68.8 Å². The third-order valence-electron chi connectivity index (χ3n) is 5.69. The van der Waals surface area contributed by atoms with Crippen LogP contribution in [0.25, 0.3) is 0 Å². The predicted molar refractivity (Wildman–Crippen MR) is 158 cm³/mol. The van der Waals surface area contributed by atoms with Gasteiger partial charge in [0.1, 0.15) is 17.2 Å². The van der Waals surface area contributed by atoms with E-state index in [1.54, 1.807) is 84.9 Å². The highest BCUT2D eigenvalue weighted by Crippen LogP contribution is 2.60. The Hall–Kier alpha value is -4.01. The molecule has 0 amide bonds. The Morgan fingerprint density at radius 3 is 1.95 bits per heavy atom. The van der Waals surface area contributed by atoms with Crippen LogP contribution in [0.3, 0.4) is 0 Å². The van der Waals surface area contributed by atoms with Crippen molar-refractivity contribution in [2.75, 3.05) is 11.9 Å². The molecule has 0 heterocycles. The lowest BCUT2D eigenvalue weighted by Gasteiger charge is -2.30. The van der Waals surface area contributed by atoms with E-state index in [2.05, 4.69) is 10.6 Å². The average Bonchev–Trinajstić information content (AvgIpc) is 2.96. The molecule has 0 radical (unpaired) electrons. The van der Waals surface area contributed by atoms with E-state index in [-0.39, 0.29) is 22.3 Å². The Morgan fingerprint density at radius 2 is 1.37 bits per heavy atom. The number of nitrogens with one attached hydrogen (secondary N) is 2. The molecule has 0 aliphatic heterocycles. The Bertz CT molecular complexity index is 1440. The van der Waals surface area contributed by atoms with Crippen molar-refractivity contribution in [3.05, 3.63) is 120 Å². The highest BCUT2D eigenvalue weighted by atomic mass is 32.1. The zero-order valence-electron chi connectivity index (χ0n) is 22.0. The number of hydrogen-bond donors (Lipinski definition) is 2. The molecule has 0 aromatic heterocycles. The first-order chi connectivity index (χ1) is 19.7. The van der Waals surface area contributed by atoms with Crippen LogP contribution in [0.5, 0.6) is 17.2 Å². The molecule has 1 atom stereocenters. The van der Waals surface area contributed by atoms with Gasteiger partial charge in [0.25, 0.3) is 0 Å². The third-order valence-corrected chi connectivity index (χ3v) is 7.88. The van der Waals surface area contributed by atoms with Gasteiger partial charge in [-0.2, -0.15) is 13.2 Å². The van der Waals surface area contributed by atoms with Gasteiger partial charge in [0, 0.05) is 5.56 Å². The van der Waals surface area contributed by atoms with Crippen molar-refractivity contribution in [1.29, 1.82) is 0 Å². The molecule has 0 saturated carbocycles. The third kappa shape index (κ3) is 8.02. The van der Waals surface area contributed by atoms with E-state index in [4.69, 9.17) is 26.0 Å². The number of benzene rings is 4. The van der Waals surface area contributed by atoms with Gasteiger partial charge in [-0.15, -0.1) is 0 Å². The normalized spacial score (nSPS) is 12.2. The van der Waals surface area contributed by atoms with Crippen LogP contribution in [0, 0.1) is 0 Å². The van der Waals surface area contributed by atoms with Gasteiger partial charge in [-0.05, 0) is 61.1 Å². The molecule has 0 aliphatic rings. The molecule has 0 fully saturated rings. The highest BCUT2D eigenvalue weighted by molar-refractivity contribution is 7.80. The maximum Gasteiger partial charge on any atom is 0.457 e. The lowest BCUT2D eigenvalue weighted by atomic mass is 10.1. The van der Waals surface area contributed by atoms with Crippen LogP contribution in [-0.4, -0.2) is 11.7 Å². The molecular formula is C30H28F3N2O4PS. The van der Waals surface area contributed by atoms with Gasteiger partial charge in [0.15, 0.2) is 10.9 Å². The van der Waals surface area contributed by atoms with Gasteiger partial charge in [-0.25, -0.2) is 4.57 Å². The molecule has 0 saturated heterocycles. The van der Waals surface area contributed by atoms with Gasteiger partial charge in [-0.1, -0.05) is 73.7 Å². The summed E-state index contributed by atoms with van der Waals surface area (Å²) in [6, 6.07) is 28.6. The zero-order chi connectivity index (χ0) is 29.3. The van der Waals surface area contributed by atoms with E-state index < -0.39 is 25.1 Å². The first-order valence-corrected chi connectivity index (χ1v) is 14.8. The Morgan fingerprint density at radius 1 is 0.829 bits per heavy atom. The highest BCUT2D eigenvalue weighted by Gasteiger charge is 2.43. The van der Waals surface area contributed by atoms with Crippen LogP contribution in [0.1, 0.15) is 30.3 Å². The fourth-order valence-electron chi connectivity index (χ4n) is 3.88. The SMILES string of the molecule is CCCOc1ccccc1[C@H](NC(=S)Nc1ccccc1C(F)(F)F)P(=O)(Oc1ccccc1)Oc1ccccc1. The lowest BCUT2D eigenvalue weighted by Crippen LogP contribution is -2.35. The number of para-hydroxylation sites is 4. The summed E-state index contributed by atoms with van der Waals surface area (Å²) in [6.07, 6.45) is -3.92. The zero-order valence-corrected chi connectivity index (χ0v) is 23.7. The largest absolute Gasteiger partial charge is 0.493 e. The van der Waals surface area contributed by atoms with Gasteiger partial charge in [0.05, 0.1) is 17.9 Å². The Labute approximate surface area is 242 Å². The summed E-state index contributed by atoms with van der Waals surface area (Å²) in [4.78, 5) is 0. The quantitative estimate of drug-likeness (QED) is 0.132. The summed E-state index contributed by atoms with van der Waals surface area (Å²) >= 11 is 5.46. The van der Waals surface area contributed by atoms with Crippen molar-refractivity contribution in [3.8, 4) is 17.2 Å². The molecule has 11 heteroatoms. The molecule has 0 spiro atoms. The second-order valence-electron chi connectivity index (χ2n) is 8.78. The number of anilines is 1. The summed E-state index contributed by atoms with van der Waals surface area (Å²) in [6.45, 7) is 2.31. The number of halogens is 3. The van der Waals surface area contributed by atoms with Gasteiger partial charge < -0.3 is 24.4 Å². The number of hydrogen-bond acceptors (Lipinski definition) is 5. The van der Waals surface area contributed by atoms with E-state index >= 15 is 0 Å². The Balaban J connectivity index is 1.79. The molecule has 2 N–H and O–H groups in total. The molecule has 41 heavy (non-hydrogen) atoms. The minimum atomic E-state index is -4.62. The van der Waals surface area contributed by atoms with Crippen molar-refractivity contribution >= 4 is 30.6 Å². The van der Waals surface area contributed by atoms with Crippen molar-refractivity contribution in [1.82, 2.24) is 5.32 Å². The number of rotatable bonds is 11. The monoisotopic (exact) mass is 600 g/mol. The number of thiocarbonyl (C=S) groups is 1. The van der Waals surface area contributed by atoms with Gasteiger partial charge in [0.2, 0.25) is 0 Å². The molecule has 214 valence electrons. The molecule has 4 rings (SSSR count). The molecule has 0 aliphatic carbocycles. The van der Waals surface area contributed by atoms with E-state index in [9.17, 15) is 17.7 Å². The molecule has 0 unspecified atom stereocenters. The van der Waals surface area contributed by atoms with Crippen LogP contribution in [-0.2, 0) is 10.7 Å². The van der Waals surface area contributed by atoms with Crippen LogP contribution in [0.4, 0.5) is 18.9 Å². The van der Waals surface area contributed by atoms with E-state index in [0.29, 0.717) is 24.3 Å². The van der Waals surface area contributed by atoms with Crippen molar-refractivity contribution in [2.45, 2.75) is 25.3 Å². The standard InChI is InChI=1S/C30H28F3N2O4PS/c1-2-21-37-27-20-12-9-17-24(27)28(35-29(41)34-26-19-11-10-18-25(26)30(31,32)33)40(36,38-22-13-5-3-6-14-22)39-23-15-7-4-8-16-23/h3-20,28H,2,21H2,1H3,(H2,34,35,41)/t28-/m1/s1. The van der Waals surface area contributed by atoms with E-state index in [1.807, 2.05) is 6.92 Å². The number of ether oxygens (including phenoxy) is 1. The average molecular weight is 601 g/mol. The smallest absolute Gasteiger partial charge is 0.457 e. The van der Waals surface area contributed by atoms with Crippen LogP contribution in [0.2, 0.25) is 0 Å². The second-order valence-corrected chi connectivity index (χ2v) is 11.1. The Kier molecular flexibility index (Phi) is 9.91. The molecular weight excluding hydrogens is 572 g/mol. The van der Waals surface area contributed by atoms with Crippen LogP contribution < -0.4 is 24.4 Å². The second kappa shape index (κ2) is 13.6. The molecule has 6 nitrogen and oxygen atoms in total. The molecule has 0 bridgehead atoms. The van der Waals surface area contributed by atoms with E-state index in [1.165, 1.54) is 18.2 Å². The van der Waals surface area contributed by atoms with E-state index in [0.717, 1.165) is 6.07 Å². The van der Waals surface area contributed by atoms with Crippen molar-refractivity contribution < 1.29 is 31.5 Å².